The van der Waals surface area contributed by atoms with Crippen LogP contribution in [0.2, 0.25) is 0 Å². The van der Waals surface area contributed by atoms with Crippen LogP contribution in [-0.4, -0.2) is 36.3 Å². The molecule has 1 saturated carbocycles. The fourth-order valence-corrected chi connectivity index (χ4v) is 2.76. The minimum absolute atomic E-state index is 0.0602. The summed E-state index contributed by atoms with van der Waals surface area (Å²) in [5.74, 6) is 0.415. The maximum atomic E-state index is 12.3. The number of carbonyl (C=O) groups excluding carboxylic acids is 2. The van der Waals surface area contributed by atoms with E-state index in [1.54, 1.807) is 17.1 Å². The van der Waals surface area contributed by atoms with Gasteiger partial charge in [-0.3, -0.25) is 9.59 Å². The molecule has 2 amide bonds. The Morgan fingerprint density at radius 1 is 1.10 bits per heavy atom. The summed E-state index contributed by atoms with van der Waals surface area (Å²) in [5, 5.41) is 3.06. The van der Waals surface area contributed by atoms with Crippen molar-refractivity contribution >= 4 is 12.3 Å². The third-order valence-corrected chi connectivity index (χ3v) is 4.64. The van der Waals surface area contributed by atoms with Gasteiger partial charge < -0.3 is 10.2 Å². The molecule has 31 heavy (non-hydrogen) atoms. The maximum absolute atomic E-state index is 12.3. The van der Waals surface area contributed by atoms with Gasteiger partial charge in [-0.25, -0.2) is 0 Å². The maximum Gasteiger partial charge on any atom is 0.251 e. The molecule has 2 atom stereocenters. The van der Waals surface area contributed by atoms with E-state index in [2.05, 4.69) is 18.5 Å². The van der Waals surface area contributed by atoms with Gasteiger partial charge in [0.15, 0.2) is 0 Å². The second kappa shape index (κ2) is 19.1. The molecule has 0 radical (unpaired) electrons. The summed E-state index contributed by atoms with van der Waals surface area (Å²) in [4.78, 5) is 24.8. The van der Waals surface area contributed by atoms with Gasteiger partial charge in [0.25, 0.3) is 5.91 Å². The standard InChI is InChI=1S/C19H28N2O2.C6H6.C2H6/c1-4-7-8-9-11-16(10-5-2)19(23)20-18-14-17(18)12-13-21(6-3)15-22;1-2-4-6-5-3-1;1-2/h4-5,9-11,15,17-18H,1-2,6-8,12-14H2,3H3,(H,20,23);1-6H;1-2H3/b11-9+,16-10+;;. The van der Waals surface area contributed by atoms with Gasteiger partial charge >= 0.3 is 0 Å². The van der Waals surface area contributed by atoms with Gasteiger partial charge in [0, 0.05) is 24.7 Å². The van der Waals surface area contributed by atoms with Crippen molar-refractivity contribution < 1.29 is 9.59 Å². The zero-order valence-corrected chi connectivity index (χ0v) is 19.5. The zero-order chi connectivity index (χ0) is 23.3. The summed E-state index contributed by atoms with van der Waals surface area (Å²) >= 11 is 0. The van der Waals surface area contributed by atoms with Gasteiger partial charge in [0.05, 0.1) is 0 Å². The molecule has 2 rings (SSSR count). The number of benzene rings is 1. The van der Waals surface area contributed by atoms with Crippen molar-refractivity contribution in [3.8, 4) is 0 Å². The van der Waals surface area contributed by atoms with Gasteiger partial charge in [0.1, 0.15) is 0 Å². The SMILES string of the molecule is C=C/C=C(\C=C\CCC=C)C(=O)NC1CC1CCN(C=O)CC.CC.c1ccccc1. The topological polar surface area (TPSA) is 49.4 Å². The smallest absolute Gasteiger partial charge is 0.251 e. The van der Waals surface area contributed by atoms with Crippen molar-refractivity contribution in [3.63, 3.8) is 0 Å². The Morgan fingerprint density at radius 2 is 1.71 bits per heavy atom. The lowest BCUT2D eigenvalue weighted by molar-refractivity contribution is -0.118. The van der Waals surface area contributed by atoms with Crippen molar-refractivity contribution in [1.29, 1.82) is 0 Å². The van der Waals surface area contributed by atoms with E-state index in [9.17, 15) is 9.59 Å². The molecule has 2 unspecified atom stereocenters. The highest BCUT2D eigenvalue weighted by Crippen LogP contribution is 2.33. The summed E-state index contributed by atoms with van der Waals surface area (Å²) < 4.78 is 0. The van der Waals surface area contributed by atoms with E-state index in [0.29, 0.717) is 11.5 Å². The van der Waals surface area contributed by atoms with Gasteiger partial charge in [-0.05, 0) is 38.5 Å². The second-order valence-electron chi connectivity index (χ2n) is 6.88. The molecule has 4 nitrogen and oxygen atoms in total. The van der Waals surface area contributed by atoms with Crippen molar-refractivity contribution in [2.45, 2.75) is 52.5 Å². The largest absolute Gasteiger partial charge is 0.349 e. The Balaban J connectivity index is 0.000000945. The highest BCUT2D eigenvalue weighted by molar-refractivity contribution is 5.96. The molecular formula is C27H40N2O2. The van der Waals surface area contributed by atoms with E-state index in [1.165, 1.54) is 0 Å². The molecule has 0 heterocycles. The van der Waals surface area contributed by atoms with Crippen LogP contribution in [0.3, 0.4) is 0 Å². The Bertz CT molecular complexity index is 653. The van der Waals surface area contributed by atoms with Crippen LogP contribution < -0.4 is 5.32 Å². The Hall–Kier alpha value is -2.88. The van der Waals surface area contributed by atoms with E-state index in [1.807, 2.05) is 75.4 Å². The fraction of sp³-hybridized carbons (Fsp3) is 0.407. The lowest BCUT2D eigenvalue weighted by Gasteiger charge is -2.14. The lowest BCUT2D eigenvalue weighted by Crippen LogP contribution is -2.29. The van der Waals surface area contributed by atoms with Gasteiger partial charge in [-0.1, -0.05) is 87.2 Å². The van der Waals surface area contributed by atoms with Crippen LogP contribution in [-0.2, 0) is 9.59 Å². The van der Waals surface area contributed by atoms with Gasteiger partial charge in [-0.2, -0.15) is 0 Å². The van der Waals surface area contributed by atoms with Crippen molar-refractivity contribution in [2.75, 3.05) is 13.1 Å². The van der Waals surface area contributed by atoms with E-state index in [4.69, 9.17) is 0 Å². The number of carbonyl (C=O) groups is 2. The molecule has 0 bridgehead atoms. The van der Waals surface area contributed by atoms with Crippen LogP contribution in [0.15, 0.2) is 85.5 Å². The summed E-state index contributed by atoms with van der Waals surface area (Å²) in [6.45, 7) is 14.8. The number of unbranched alkanes of at least 4 members (excludes halogenated alkanes) is 1. The molecule has 0 saturated heterocycles. The minimum Gasteiger partial charge on any atom is -0.349 e. The highest BCUT2D eigenvalue weighted by atomic mass is 16.2. The second-order valence-corrected chi connectivity index (χ2v) is 6.88. The summed E-state index contributed by atoms with van der Waals surface area (Å²) in [6, 6.07) is 12.2. The van der Waals surface area contributed by atoms with Crippen molar-refractivity contribution in [1.82, 2.24) is 10.2 Å². The number of rotatable bonds is 12. The molecule has 1 aliphatic rings. The Labute approximate surface area is 189 Å². The van der Waals surface area contributed by atoms with Crippen LogP contribution in [0.25, 0.3) is 0 Å². The number of hydrogen-bond donors (Lipinski definition) is 1. The number of hydrogen-bond acceptors (Lipinski definition) is 2. The van der Waals surface area contributed by atoms with Crippen LogP contribution >= 0.6 is 0 Å². The van der Waals surface area contributed by atoms with Crippen LogP contribution in [0.1, 0.15) is 46.5 Å². The minimum atomic E-state index is -0.0602. The number of allylic oxidation sites excluding steroid dienone is 4. The molecule has 1 fully saturated rings. The predicted octanol–water partition coefficient (Wildman–Crippen LogP) is 5.71. The summed E-state index contributed by atoms with van der Waals surface area (Å²) in [6.07, 6.45) is 13.6. The monoisotopic (exact) mass is 424 g/mol. The molecule has 1 aromatic rings. The van der Waals surface area contributed by atoms with Crippen molar-refractivity contribution in [3.05, 3.63) is 85.5 Å². The Morgan fingerprint density at radius 3 is 2.19 bits per heavy atom. The Kier molecular flexibility index (Phi) is 17.3. The molecule has 0 aromatic heterocycles. The molecule has 4 heteroatoms. The highest BCUT2D eigenvalue weighted by Gasteiger charge is 2.38. The van der Waals surface area contributed by atoms with Gasteiger partial charge in [0.2, 0.25) is 6.41 Å². The normalized spacial score (nSPS) is 16.7. The number of nitrogens with zero attached hydrogens (tertiary/aromatic N) is 1. The first-order chi connectivity index (χ1) is 15.2. The lowest BCUT2D eigenvalue weighted by atomic mass is 10.1. The molecule has 1 N–H and O–H groups in total. The van der Waals surface area contributed by atoms with Crippen LogP contribution in [0, 0.1) is 5.92 Å². The summed E-state index contributed by atoms with van der Waals surface area (Å²) in [5.41, 5.74) is 0.623. The predicted molar refractivity (Wildman–Crippen MR) is 133 cm³/mol. The number of nitrogens with one attached hydrogen (secondary N) is 1. The fourth-order valence-electron chi connectivity index (χ4n) is 2.76. The third kappa shape index (κ3) is 13.9. The van der Waals surface area contributed by atoms with E-state index in [0.717, 1.165) is 45.2 Å². The first-order valence-electron chi connectivity index (χ1n) is 11.3. The van der Waals surface area contributed by atoms with Crippen LogP contribution in [0.4, 0.5) is 0 Å². The first kappa shape index (κ1) is 28.1. The molecule has 1 aliphatic carbocycles. The quantitative estimate of drug-likeness (QED) is 0.154. The molecular weight excluding hydrogens is 384 g/mol. The van der Waals surface area contributed by atoms with E-state index in [-0.39, 0.29) is 11.9 Å². The third-order valence-electron chi connectivity index (χ3n) is 4.64. The van der Waals surface area contributed by atoms with Crippen LogP contribution in [0.5, 0.6) is 0 Å². The molecule has 0 spiro atoms. The zero-order valence-electron chi connectivity index (χ0n) is 19.5. The average Bonchev–Trinajstić information content (AvgIpc) is 3.57. The first-order valence-corrected chi connectivity index (χ1v) is 11.3. The summed E-state index contributed by atoms with van der Waals surface area (Å²) in [7, 11) is 0. The van der Waals surface area contributed by atoms with E-state index < -0.39 is 0 Å². The van der Waals surface area contributed by atoms with E-state index >= 15 is 0 Å². The molecule has 170 valence electrons. The molecule has 1 aromatic carbocycles. The molecule has 0 aliphatic heterocycles. The number of amides is 2. The van der Waals surface area contributed by atoms with Crippen molar-refractivity contribution in [2.24, 2.45) is 5.92 Å². The van der Waals surface area contributed by atoms with Gasteiger partial charge in [-0.15, -0.1) is 6.58 Å². The average molecular weight is 425 g/mol.